The first-order valence-corrected chi connectivity index (χ1v) is 12.2. The first-order valence-electron chi connectivity index (χ1n) is 12.2. The van der Waals surface area contributed by atoms with Crippen molar-refractivity contribution in [2.24, 2.45) is 0 Å². The Balaban J connectivity index is 1.78. The predicted octanol–water partition coefficient (Wildman–Crippen LogP) is 6.96. The molecule has 190 valence electrons. The Labute approximate surface area is 215 Å². The Bertz CT molecular complexity index is 1360. The molecule has 2 aromatic carbocycles. The van der Waals surface area contributed by atoms with Crippen LogP contribution in [0.25, 0.3) is 27.6 Å². The Kier molecular flexibility index (Phi) is 8.32. The number of rotatable bonds is 7. The van der Waals surface area contributed by atoms with Crippen LogP contribution in [0, 0.1) is 11.3 Å². The van der Waals surface area contributed by atoms with Gasteiger partial charge in [-0.15, -0.1) is 0 Å². The van der Waals surface area contributed by atoms with E-state index in [1.54, 1.807) is 30.5 Å². The number of aromatic nitrogens is 1. The molecule has 1 saturated heterocycles. The van der Waals surface area contributed by atoms with Gasteiger partial charge in [-0.25, -0.2) is 0 Å². The van der Waals surface area contributed by atoms with Gasteiger partial charge in [0.1, 0.15) is 5.75 Å². The first-order chi connectivity index (χ1) is 17.9. The summed E-state index contributed by atoms with van der Waals surface area (Å²) in [6, 6.07) is 14.6. The fraction of sp³-hybridized carbons (Fsp3) is 0.267. The van der Waals surface area contributed by atoms with E-state index in [-0.39, 0.29) is 18.0 Å². The number of pyridine rings is 1. The van der Waals surface area contributed by atoms with Gasteiger partial charge in [-0.1, -0.05) is 42.5 Å². The molecule has 0 radical (unpaired) electrons. The number of benzene rings is 2. The van der Waals surface area contributed by atoms with Crippen molar-refractivity contribution in [2.75, 3.05) is 13.1 Å². The van der Waals surface area contributed by atoms with E-state index in [0.717, 1.165) is 24.2 Å². The maximum absolute atomic E-state index is 13.6. The van der Waals surface area contributed by atoms with Crippen LogP contribution < -0.4 is 4.74 Å². The number of para-hydroxylation sites is 1. The molecule has 4 rings (SSSR count). The van der Waals surface area contributed by atoms with Gasteiger partial charge in [-0.3, -0.25) is 4.98 Å². The number of ether oxygens (including phenoxy) is 2. The van der Waals surface area contributed by atoms with Crippen molar-refractivity contribution >= 4 is 16.5 Å². The zero-order chi connectivity index (χ0) is 26.4. The van der Waals surface area contributed by atoms with E-state index in [2.05, 4.69) is 16.0 Å². The third kappa shape index (κ3) is 6.22. The van der Waals surface area contributed by atoms with Crippen LogP contribution in [0.2, 0.25) is 0 Å². The van der Waals surface area contributed by atoms with Crippen molar-refractivity contribution < 1.29 is 18.3 Å². The van der Waals surface area contributed by atoms with Crippen molar-refractivity contribution in [3.05, 3.63) is 90.3 Å². The second-order valence-corrected chi connectivity index (χ2v) is 8.95. The van der Waals surface area contributed by atoms with Crippen LogP contribution in [0.4, 0.5) is 8.78 Å². The minimum atomic E-state index is -3.00. The van der Waals surface area contributed by atoms with Crippen molar-refractivity contribution in [2.45, 2.75) is 39.6 Å². The molecule has 2 heterocycles. The van der Waals surface area contributed by atoms with Gasteiger partial charge in [-0.05, 0) is 62.4 Å². The summed E-state index contributed by atoms with van der Waals surface area (Å²) in [4.78, 5) is 6.86. The van der Waals surface area contributed by atoms with E-state index in [4.69, 9.17) is 14.7 Å². The number of allylic oxidation sites excluding steroid dienone is 5. The zero-order valence-electron chi connectivity index (χ0n) is 21.1. The van der Waals surface area contributed by atoms with Crippen LogP contribution in [0.1, 0.15) is 31.9 Å². The normalized spacial score (nSPS) is 18.7. The number of halogens is 2. The van der Waals surface area contributed by atoms with Crippen LogP contribution in [-0.2, 0) is 4.74 Å². The third-order valence-corrected chi connectivity index (χ3v) is 6.06. The lowest BCUT2D eigenvalue weighted by molar-refractivity contribution is -0.0541. The maximum atomic E-state index is 13.6. The van der Waals surface area contributed by atoms with Gasteiger partial charge in [0.05, 0.1) is 29.4 Å². The van der Waals surface area contributed by atoms with Gasteiger partial charge in [0, 0.05) is 35.8 Å². The molecule has 5 nitrogen and oxygen atoms in total. The second kappa shape index (κ2) is 11.8. The molecule has 2 atom stereocenters. The van der Waals surface area contributed by atoms with E-state index in [0.29, 0.717) is 27.6 Å². The van der Waals surface area contributed by atoms with Crippen LogP contribution >= 0.6 is 0 Å². The summed E-state index contributed by atoms with van der Waals surface area (Å²) >= 11 is 0. The molecule has 0 bridgehead atoms. The lowest BCUT2D eigenvalue weighted by Gasteiger charge is -2.34. The highest BCUT2D eigenvalue weighted by Gasteiger charge is 2.20. The summed E-state index contributed by atoms with van der Waals surface area (Å²) in [7, 11) is 0. The smallest absolute Gasteiger partial charge is 0.387 e. The summed E-state index contributed by atoms with van der Waals surface area (Å²) in [6.07, 6.45) is 11.3. The standard InChI is InChI=1S/C30H29F2N3O2/c1-4-7-23(8-6-15-35-18-20(2)36-21(3)19-35)27-17-34-28-25(24-13-11-22(16-33)12-14-24)9-5-10-26(28)29(27)37-30(31)32/h4-15,17,20-21,30H,18-19H2,1-3H3/b7-4-,15-6+,23-8+. The molecule has 37 heavy (non-hydrogen) atoms. The predicted molar refractivity (Wildman–Crippen MR) is 142 cm³/mol. The summed E-state index contributed by atoms with van der Waals surface area (Å²) < 4.78 is 38.1. The highest BCUT2D eigenvalue weighted by molar-refractivity contribution is 6.00. The minimum absolute atomic E-state index is 0.0712. The van der Waals surface area contributed by atoms with Crippen LogP contribution in [-0.4, -0.2) is 41.8 Å². The van der Waals surface area contributed by atoms with Gasteiger partial charge in [-0.2, -0.15) is 14.0 Å². The molecular weight excluding hydrogens is 472 g/mol. The van der Waals surface area contributed by atoms with Crippen molar-refractivity contribution in [1.82, 2.24) is 9.88 Å². The van der Waals surface area contributed by atoms with Crippen molar-refractivity contribution in [3.63, 3.8) is 0 Å². The third-order valence-electron chi connectivity index (χ3n) is 6.06. The lowest BCUT2D eigenvalue weighted by Crippen LogP contribution is -2.42. The Morgan fingerprint density at radius 1 is 1.16 bits per heavy atom. The molecule has 2 unspecified atom stereocenters. The van der Waals surface area contributed by atoms with Gasteiger partial charge in [0.15, 0.2) is 0 Å². The average Bonchev–Trinajstić information content (AvgIpc) is 2.87. The number of alkyl halides is 2. The maximum Gasteiger partial charge on any atom is 0.387 e. The highest BCUT2D eigenvalue weighted by atomic mass is 19.3. The average molecular weight is 502 g/mol. The fourth-order valence-corrected chi connectivity index (χ4v) is 4.60. The molecule has 0 spiro atoms. The summed E-state index contributed by atoms with van der Waals surface area (Å²) in [6.45, 7) is 4.51. The van der Waals surface area contributed by atoms with Gasteiger partial charge >= 0.3 is 6.61 Å². The van der Waals surface area contributed by atoms with Gasteiger partial charge < -0.3 is 14.4 Å². The fourth-order valence-electron chi connectivity index (χ4n) is 4.60. The van der Waals surface area contributed by atoms with Crippen LogP contribution in [0.3, 0.4) is 0 Å². The number of nitrogens with zero attached hydrogens (tertiary/aromatic N) is 3. The van der Waals surface area contributed by atoms with Crippen LogP contribution in [0.15, 0.2) is 79.2 Å². The summed E-state index contributed by atoms with van der Waals surface area (Å²) in [5.74, 6) is 0.0712. The molecule has 1 aliphatic heterocycles. The molecule has 3 aromatic rings. The number of hydrogen-bond acceptors (Lipinski definition) is 5. The van der Waals surface area contributed by atoms with E-state index in [1.165, 1.54) is 0 Å². The van der Waals surface area contributed by atoms with E-state index < -0.39 is 6.61 Å². The number of morpholine rings is 1. The quantitative estimate of drug-likeness (QED) is 0.328. The summed E-state index contributed by atoms with van der Waals surface area (Å²) in [5, 5.41) is 9.58. The molecule has 1 aliphatic rings. The number of hydrogen-bond donors (Lipinski definition) is 0. The molecule has 1 aromatic heterocycles. The van der Waals surface area contributed by atoms with E-state index >= 15 is 0 Å². The monoisotopic (exact) mass is 501 g/mol. The zero-order valence-corrected chi connectivity index (χ0v) is 21.1. The van der Waals surface area contributed by atoms with Gasteiger partial charge in [0.2, 0.25) is 0 Å². The Hall–Kier alpha value is -4.02. The Morgan fingerprint density at radius 2 is 1.89 bits per heavy atom. The largest absolute Gasteiger partial charge is 0.433 e. The first kappa shape index (κ1) is 26.1. The topological polar surface area (TPSA) is 58.4 Å². The minimum Gasteiger partial charge on any atom is -0.433 e. The lowest BCUT2D eigenvalue weighted by atomic mass is 9.97. The summed E-state index contributed by atoms with van der Waals surface area (Å²) in [5.41, 5.74) is 3.83. The molecule has 0 N–H and O–H groups in total. The van der Waals surface area contributed by atoms with Gasteiger partial charge in [0.25, 0.3) is 0 Å². The highest BCUT2D eigenvalue weighted by Crippen LogP contribution is 2.38. The molecule has 7 heteroatoms. The van der Waals surface area contributed by atoms with E-state index in [9.17, 15) is 8.78 Å². The number of nitriles is 1. The molecular formula is C30H29F2N3O2. The molecule has 0 amide bonds. The molecule has 0 aliphatic carbocycles. The van der Waals surface area contributed by atoms with Crippen molar-refractivity contribution in [3.8, 4) is 22.9 Å². The number of fused-ring (bicyclic) bond motifs is 1. The molecule has 0 saturated carbocycles. The van der Waals surface area contributed by atoms with E-state index in [1.807, 2.05) is 69.5 Å². The Morgan fingerprint density at radius 3 is 2.54 bits per heavy atom. The van der Waals surface area contributed by atoms with Crippen molar-refractivity contribution in [1.29, 1.82) is 5.26 Å². The van der Waals surface area contributed by atoms with Crippen LogP contribution in [0.5, 0.6) is 5.75 Å². The SMILES string of the molecule is C\C=C/C(=C\C=C\N1CC(C)OC(C)C1)c1cnc2c(-c3ccc(C#N)cc3)cccc2c1OC(F)F. The second-order valence-electron chi connectivity index (χ2n) is 8.95. The molecule has 1 fully saturated rings.